The van der Waals surface area contributed by atoms with Gasteiger partial charge in [0.25, 0.3) is 0 Å². The highest BCUT2D eigenvalue weighted by Gasteiger charge is 2.16. The summed E-state index contributed by atoms with van der Waals surface area (Å²) in [6.45, 7) is 4.28. The molecule has 0 nitrogen and oxygen atoms in total. The van der Waals surface area contributed by atoms with Gasteiger partial charge >= 0.3 is 0 Å². The summed E-state index contributed by atoms with van der Waals surface area (Å²) in [6, 6.07) is 42.3. The lowest BCUT2D eigenvalue weighted by molar-refractivity contribution is 1.22. The molecule has 0 aliphatic rings. The minimum absolute atomic E-state index is 1.04. The second-order valence-corrected chi connectivity index (χ2v) is 9.54. The summed E-state index contributed by atoms with van der Waals surface area (Å²) in [7, 11) is 0. The zero-order chi connectivity index (χ0) is 25.2. The average molecular weight is 475 g/mol. The van der Waals surface area contributed by atoms with Crippen LogP contribution in [-0.2, 0) is 0 Å². The molecule has 0 aliphatic heterocycles. The van der Waals surface area contributed by atoms with Gasteiger partial charge in [-0.25, -0.2) is 0 Å². The van der Waals surface area contributed by atoms with Crippen molar-refractivity contribution in [3.63, 3.8) is 0 Å². The molecule has 0 bridgehead atoms. The van der Waals surface area contributed by atoms with Gasteiger partial charge in [-0.1, -0.05) is 134 Å². The maximum atomic E-state index is 2.33. The van der Waals surface area contributed by atoms with E-state index in [-0.39, 0.29) is 0 Å². The molecule has 0 radical (unpaired) electrons. The van der Waals surface area contributed by atoms with Crippen LogP contribution in [0.4, 0.5) is 0 Å². The van der Waals surface area contributed by atoms with E-state index in [4.69, 9.17) is 0 Å². The normalized spacial score (nSPS) is 12.2. The maximum absolute atomic E-state index is 2.33. The molecule has 0 atom stereocenters. The fraction of sp³-hybridized carbons (Fsp3) is 0.0811. The van der Waals surface area contributed by atoms with E-state index in [9.17, 15) is 0 Å². The Balaban J connectivity index is 1.60. The average Bonchev–Trinajstić information content (AvgIpc) is 2.96. The van der Waals surface area contributed by atoms with Gasteiger partial charge in [0, 0.05) is 0 Å². The van der Waals surface area contributed by atoms with Gasteiger partial charge in [-0.2, -0.15) is 0 Å². The van der Waals surface area contributed by atoms with Crippen molar-refractivity contribution >= 4 is 37.9 Å². The summed E-state index contributed by atoms with van der Waals surface area (Å²) < 4.78 is 0. The number of fused-ring (bicyclic) bond motifs is 3. The lowest BCUT2D eigenvalue weighted by Gasteiger charge is -2.18. The number of allylic oxidation sites excluding steroid dienone is 4. The Morgan fingerprint density at radius 1 is 0.568 bits per heavy atom. The van der Waals surface area contributed by atoms with Crippen molar-refractivity contribution < 1.29 is 0 Å². The van der Waals surface area contributed by atoms with Crippen molar-refractivity contribution in [2.45, 2.75) is 20.3 Å². The van der Waals surface area contributed by atoms with Crippen LogP contribution in [-0.4, -0.2) is 0 Å². The molecule has 6 rings (SSSR count). The van der Waals surface area contributed by atoms with Crippen LogP contribution in [0.1, 0.15) is 25.8 Å². The van der Waals surface area contributed by atoms with E-state index in [1.54, 1.807) is 0 Å². The quantitative estimate of drug-likeness (QED) is 0.172. The van der Waals surface area contributed by atoms with E-state index in [1.807, 2.05) is 0 Å². The van der Waals surface area contributed by atoms with Crippen LogP contribution in [0, 0.1) is 0 Å². The Morgan fingerprint density at radius 2 is 1.08 bits per heavy atom. The van der Waals surface area contributed by atoms with Crippen LogP contribution < -0.4 is 0 Å². The zero-order valence-corrected chi connectivity index (χ0v) is 21.4. The third-order valence-corrected chi connectivity index (χ3v) is 7.32. The summed E-state index contributed by atoms with van der Waals surface area (Å²) >= 11 is 0. The molecule has 0 aromatic heterocycles. The monoisotopic (exact) mass is 474 g/mol. The summed E-state index contributed by atoms with van der Waals surface area (Å²) in [5.74, 6) is 0. The number of benzene rings is 6. The van der Waals surface area contributed by atoms with E-state index in [0.717, 1.165) is 6.42 Å². The summed E-state index contributed by atoms with van der Waals surface area (Å²) in [6.07, 6.45) is 7.66. The van der Waals surface area contributed by atoms with Gasteiger partial charge in [0.1, 0.15) is 0 Å². The molecule has 178 valence electrons. The van der Waals surface area contributed by atoms with Gasteiger partial charge in [-0.05, 0) is 85.1 Å². The van der Waals surface area contributed by atoms with Gasteiger partial charge in [-0.15, -0.1) is 0 Å². The van der Waals surface area contributed by atoms with Crippen molar-refractivity contribution in [1.29, 1.82) is 0 Å². The molecular weight excluding hydrogens is 444 g/mol. The van der Waals surface area contributed by atoms with E-state index >= 15 is 0 Å². The van der Waals surface area contributed by atoms with Crippen LogP contribution in [0.3, 0.4) is 0 Å². The van der Waals surface area contributed by atoms with Crippen molar-refractivity contribution in [1.82, 2.24) is 0 Å². The first-order valence-electron chi connectivity index (χ1n) is 13.1. The molecule has 0 heterocycles. The van der Waals surface area contributed by atoms with E-state index in [2.05, 4.69) is 147 Å². The standard InChI is InChI=1S/C37H30/c1-3-5-12-26(4-2)28-19-22-29(23-20-28)36-32-15-8-10-17-34(32)37(35-18-11-9-16-33(35)36)31-24-21-27-13-6-7-14-30(27)25-31/h4-25H,3H2,1-2H3/b12-5-,26-4+. The molecule has 0 unspecified atom stereocenters. The largest absolute Gasteiger partial charge is 0.0842 e. The Morgan fingerprint density at radius 3 is 1.65 bits per heavy atom. The first-order chi connectivity index (χ1) is 18.3. The van der Waals surface area contributed by atoms with Gasteiger partial charge < -0.3 is 0 Å². The molecule has 0 saturated heterocycles. The SMILES string of the molecule is C/C=C(\C=C/CC)c1ccc(-c2c3ccccc3c(-c3ccc4ccccc4c3)c3ccccc23)cc1. The molecule has 0 fully saturated rings. The molecule has 0 N–H and O–H groups in total. The van der Waals surface area contributed by atoms with Crippen LogP contribution in [0.5, 0.6) is 0 Å². The molecule has 6 aromatic carbocycles. The molecule has 0 saturated carbocycles. The highest BCUT2D eigenvalue weighted by molar-refractivity contribution is 6.21. The van der Waals surface area contributed by atoms with E-state index < -0.39 is 0 Å². The third-order valence-electron chi connectivity index (χ3n) is 7.32. The fourth-order valence-electron chi connectivity index (χ4n) is 5.53. The molecule has 6 aromatic rings. The van der Waals surface area contributed by atoms with E-state index in [1.165, 1.54) is 65.7 Å². The van der Waals surface area contributed by atoms with Gasteiger partial charge in [-0.3, -0.25) is 0 Å². The number of hydrogen-bond acceptors (Lipinski definition) is 0. The topological polar surface area (TPSA) is 0 Å². The van der Waals surface area contributed by atoms with Crippen LogP contribution in [0.2, 0.25) is 0 Å². The fourth-order valence-corrected chi connectivity index (χ4v) is 5.53. The molecular formula is C37H30. The third kappa shape index (κ3) is 4.15. The predicted octanol–water partition coefficient (Wildman–Crippen LogP) is 10.8. The van der Waals surface area contributed by atoms with Gasteiger partial charge in [0.2, 0.25) is 0 Å². The van der Waals surface area contributed by atoms with Crippen molar-refractivity contribution in [2.24, 2.45) is 0 Å². The Hall–Kier alpha value is -4.42. The highest BCUT2D eigenvalue weighted by atomic mass is 14.2. The Bertz CT molecular complexity index is 1740. The van der Waals surface area contributed by atoms with E-state index in [0.29, 0.717) is 0 Å². The lowest BCUT2D eigenvalue weighted by Crippen LogP contribution is -1.91. The van der Waals surface area contributed by atoms with Crippen LogP contribution in [0.15, 0.2) is 133 Å². The first-order valence-corrected chi connectivity index (χ1v) is 13.1. The van der Waals surface area contributed by atoms with Crippen LogP contribution >= 0.6 is 0 Å². The second kappa shape index (κ2) is 9.91. The van der Waals surface area contributed by atoms with Gasteiger partial charge in [0.05, 0.1) is 0 Å². The molecule has 0 spiro atoms. The minimum atomic E-state index is 1.04. The summed E-state index contributed by atoms with van der Waals surface area (Å²) in [5, 5.41) is 7.69. The Labute approximate surface area is 219 Å². The Kier molecular flexibility index (Phi) is 6.16. The molecule has 0 aliphatic carbocycles. The van der Waals surface area contributed by atoms with Crippen LogP contribution in [0.25, 0.3) is 60.1 Å². The second-order valence-electron chi connectivity index (χ2n) is 9.54. The molecule has 37 heavy (non-hydrogen) atoms. The van der Waals surface area contributed by atoms with Crippen molar-refractivity contribution in [2.75, 3.05) is 0 Å². The molecule has 0 heteroatoms. The number of rotatable bonds is 5. The molecule has 0 amide bonds. The first kappa shape index (κ1) is 23.0. The van der Waals surface area contributed by atoms with Gasteiger partial charge in [0.15, 0.2) is 0 Å². The minimum Gasteiger partial charge on any atom is -0.0842 e. The highest BCUT2D eigenvalue weighted by Crippen LogP contribution is 2.44. The predicted molar refractivity (Wildman–Crippen MR) is 163 cm³/mol. The summed E-state index contributed by atoms with van der Waals surface area (Å²) in [5.41, 5.74) is 7.61. The number of hydrogen-bond donors (Lipinski definition) is 0. The van der Waals surface area contributed by atoms with Crippen molar-refractivity contribution in [3.8, 4) is 22.3 Å². The van der Waals surface area contributed by atoms with Crippen molar-refractivity contribution in [3.05, 3.63) is 139 Å². The lowest BCUT2D eigenvalue weighted by atomic mass is 9.85. The maximum Gasteiger partial charge on any atom is -0.00262 e. The summed E-state index contributed by atoms with van der Waals surface area (Å²) in [4.78, 5) is 0. The zero-order valence-electron chi connectivity index (χ0n) is 21.4. The smallest absolute Gasteiger partial charge is 0.00262 e.